The summed E-state index contributed by atoms with van der Waals surface area (Å²) in [4.78, 5) is 13.5. The number of rotatable bonds is 3. The van der Waals surface area contributed by atoms with Crippen LogP contribution < -0.4 is 5.73 Å². The summed E-state index contributed by atoms with van der Waals surface area (Å²) in [5.74, 6) is 0.990. The van der Waals surface area contributed by atoms with Gasteiger partial charge in [-0.3, -0.25) is 4.79 Å². The first-order valence-electron chi connectivity index (χ1n) is 4.78. The lowest BCUT2D eigenvalue weighted by atomic mass is 10.4. The fourth-order valence-corrected chi connectivity index (χ4v) is 1.40. The van der Waals surface area contributed by atoms with Crippen LogP contribution in [0.5, 0.6) is 0 Å². The Bertz CT molecular complexity index is 342. The average Bonchev–Trinajstić information content (AvgIpc) is 2.94. The third-order valence-corrected chi connectivity index (χ3v) is 2.49. The molecule has 4 heteroatoms. The summed E-state index contributed by atoms with van der Waals surface area (Å²) < 4.78 is 5.28. The van der Waals surface area contributed by atoms with E-state index in [0.29, 0.717) is 24.1 Å². The predicted molar refractivity (Wildman–Crippen MR) is 51.7 cm³/mol. The lowest BCUT2D eigenvalue weighted by Crippen LogP contribution is -2.28. The third-order valence-electron chi connectivity index (χ3n) is 2.49. The zero-order valence-electron chi connectivity index (χ0n) is 8.19. The molecular formula is C10H14N2O2. The van der Waals surface area contributed by atoms with Crippen molar-refractivity contribution in [1.29, 1.82) is 0 Å². The van der Waals surface area contributed by atoms with Crippen LogP contribution in [-0.2, 0) is 6.54 Å². The molecular weight excluding hydrogens is 180 g/mol. The molecule has 1 aliphatic rings. The van der Waals surface area contributed by atoms with Crippen molar-refractivity contribution in [3.05, 3.63) is 23.7 Å². The van der Waals surface area contributed by atoms with E-state index < -0.39 is 0 Å². The Balaban J connectivity index is 2.09. The molecule has 4 nitrogen and oxygen atoms in total. The second kappa shape index (κ2) is 3.46. The molecule has 0 aliphatic heterocycles. The third kappa shape index (κ3) is 1.65. The van der Waals surface area contributed by atoms with Crippen molar-refractivity contribution in [3.63, 3.8) is 0 Å². The number of hydrogen-bond acceptors (Lipinski definition) is 3. The molecule has 0 saturated heterocycles. The highest BCUT2D eigenvalue weighted by atomic mass is 16.4. The number of carbonyl (C=O) groups is 1. The van der Waals surface area contributed by atoms with Gasteiger partial charge in [0.25, 0.3) is 5.91 Å². The zero-order valence-corrected chi connectivity index (χ0v) is 8.19. The minimum atomic E-state index is -0.0489. The van der Waals surface area contributed by atoms with E-state index in [4.69, 9.17) is 10.2 Å². The lowest BCUT2D eigenvalue weighted by Gasteiger charge is -2.13. The van der Waals surface area contributed by atoms with E-state index in [0.717, 1.165) is 12.8 Å². The van der Waals surface area contributed by atoms with Gasteiger partial charge in [-0.2, -0.15) is 0 Å². The molecule has 0 radical (unpaired) electrons. The minimum Gasteiger partial charge on any atom is -0.455 e. The van der Waals surface area contributed by atoms with Gasteiger partial charge in [0, 0.05) is 13.1 Å². The summed E-state index contributed by atoms with van der Waals surface area (Å²) in [5.41, 5.74) is 5.39. The van der Waals surface area contributed by atoms with E-state index in [1.54, 1.807) is 17.0 Å². The van der Waals surface area contributed by atoms with Crippen molar-refractivity contribution in [3.8, 4) is 0 Å². The van der Waals surface area contributed by atoms with Crippen molar-refractivity contribution < 1.29 is 9.21 Å². The number of nitrogens with zero attached hydrogens (tertiary/aromatic N) is 1. The number of amides is 1. The van der Waals surface area contributed by atoms with Crippen LogP contribution in [0.15, 0.2) is 16.5 Å². The van der Waals surface area contributed by atoms with Gasteiger partial charge in [0.15, 0.2) is 5.76 Å². The fourth-order valence-electron chi connectivity index (χ4n) is 1.40. The van der Waals surface area contributed by atoms with Gasteiger partial charge >= 0.3 is 0 Å². The van der Waals surface area contributed by atoms with Crippen molar-refractivity contribution >= 4 is 5.91 Å². The van der Waals surface area contributed by atoms with E-state index in [-0.39, 0.29) is 5.91 Å². The summed E-state index contributed by atoms with van der Waals surface area (Å²) >= 11 is 0. The average molecular weight is 194 g/mol. The Morgan fingerprint density at radius 1 is 1.64 bits per heavy atom. The Kier molecular flexibility index (Phi) is 2.29. The van der Waals surface area contributed by atoms with Gasteiger partial charge in [-0.25, -0.2) is 0 Å². The Morgan fingerprint density at radius 3 is 2.86 bits per heavy atom. The second-order valence-corrected chi connectivity index (χ2v) is 3.62. The Morgan fingerprint density at radius 2 is 2.36 bits per heavy atom. The molecule has 1 aromatic rings. The number of furan rings is 1. The normalized spacial score (nSPS) is 15.6. The first kappa shape index (κ1) is 9.27. The van der Waals surface area contributed by atoms with Crippen molar-refractivity contribution in [2.24, 2.45) is 5.73 Å². The van der Waals surface area contributed by atoms with Gasteiger partial charge in [-0.1, -0.05) is 0 Å². The molecule has 1 heterocycles. The lowest BCUT2D eigenvalue weighted by molar-refractivity contribution is 0.0751. The van der Waals surface area contributed by atoms with Crippen molar-refractivity contribution in [1.82, 2.24) is 4.90 Å². The maximum atomic E-state index is 11.7. The van der Waals surface area contributed by atoms with Crippen LogP contribution >= 0.6 is 0 Å². The minimum absolute atomic E-state index is 0.0489. The molecule has 14 heavy (non-hydrogen) atoms. The standard InChI is InChI=1S/C10H14N2O2/c1-12(7-2-3-7)10(13)9-5-4-8(6-11)14-9/h4-5,7H,2-3,6,11H2,1H3. The summed E-state index contributed by atoms with van der Waals surface area (Å²) in [6.07, 6.45) is 2.21. The molecule has 1 saturated carbocycles. The zero-order chi connectivity index (χ0) is 10.1. The van der Waals surface area contributed by atoms with Gasteiger partial charge in [-0.05, 0) is 25.0 Å². The predicted octanol–water partition coefficient (Wildman–Crippen LogP) is 0.973. The van der Waals surface area contributed by atoms with Gasteiger partial charge in [0.2, 0.25) is 0 Å². The van der Waals surface area contributed by atoms with Crippen LogP contribution in [0.1, 0.15) is 29.2 Å². The molecule has 2 rings (SSSR count). The van der Waals surface area contributed by atoms with Crippen molar-refractivity contribution in [2.45, 2.75) is 25.4 Å². The van der Waals surface area contributed by atoms with E-state index >= 15 is 0 Å². The van der Waals surface area contributed by atoms with Gasteiger partial charge in [0.05, 0.1) is 6.54 Å². The topological polar surface area (TPSA) is 59.5 Å². The van der Waals surface area contributed by atoms with E-state index in [1.165, 1.54) is 0 Å². The van der Waals surface area contributed by atoms with E-state index in [1.807, 2.05) is 7.05 Å². The molecule has 2 N–H and O–H groups in total. The van der Waals surface area contributed by atoms with Crippen LogP contribution in [-0.4, -0.2) is 23.9 Å². The summed E-state index contributed by atoms with van der Waals surface area (Å²) in [5, 5.41) is 0. The number of carbonyl (C=O) groups excluding carboxylic acids is 1. The van der Waals surface area contributed by atoms with Gasteiger partial charge in [0.1, 0.15) is 5.76 Å². The molecule has 1 aliphatic carbocycles. The van der Waals surface area contributed by atoms with E-state index in [9.17, 15) is 4.79 Å². The first-order chi connectivity index (χ1) is 6.72. The molecule has 0 unspecified atom stereocenters. The molecule has 0 aromatic carbocycles. The number of nitrogens with two attached hydrogens (primary N) is 1. The van der Waals surface area contributed by atoms with Gasteiger partial charge in [-0.15, -0.1) is 0 Å². The molecule has 0 atom stereocenters. The summed E-state index contributed by atoms with van der Waals surface area (Å²) in [6.45, 7) is 0.334. The molecule has 0 spiro atoms. The SMILES string of the molecule is CN(C(=O)c1ccc(CN)o1)C1CC1. The highest BCUT2D eigenvalue weighted by Crippen LogP contribution is 2.26. The van der Waals surface area contributed by atoms with Crippen LogP contribution in [0.4, 0.5) is 0 Å². The monoisotopic (exact) mass is 194 g/mol. The molecule has 1 fully saturated rings. The largest absolute Gasteiger partial charge is 0.455 e. The maximum absolute atomic E-state index is 11.7. The second-order valence-electron chi connectivity index (χ2n) is 3.62. The fraction of sp³-hybridized carbons (Fsp3) is 0.500. The quantitative estimate of drug-likeness (QED) is 0.780. The van der Waals surface area contributed by atoms with Crippen molar-refractivity contribution in [2.75, 3.05) is 7.05 Å². The van der Waals surface area contributed by atoms with Crippen LogP contribution in [0.3, 0.4) is 0 Å². The van der Waals surface area contributed by atoms with Crippen LogP contribution in [0, 0.1) is 0 Å². The Hall–Kier alpha value is -1.29. The van der Waals surface area contributed by atoms with E-state index in [2.05, 4.69) is 0 Å². The highest BCUT2D eigenvalue weighted by Gasteiger charge is 2.31. The van der Waals surface area contributed by atoms with Crippen LogP contribution in [0.2, 0.25) is 0 Å². The molecule has 0 bridgehead atoms. The van der Waals surface area contributed by atoms with Gasteiger partial charge < -0.3 is 15.1 Å². The first-order valence-corrected chi connectivity index (χ1v) is 4.78. The Labute approximate surface area is 82.7 Å². The van der Waals surface area contributed by atoms with Crippen LogP contribution in [0.25, 0.3) is 0 Å². The molecule has 1 aromatic heterocycles. The summed E-state index contributed by atoms with van der Waals surface area (Å²) in [6, 6.07) is 3.84. The maximum Gasteiger partial charge on any atom is 0.289 e. The molecule has 1 amide bonds. The number of hydrogen-bond donors (Lipinski definition) is 1. The summed E-state index contributed by atoms with van der Waals surface area (Å²) in [7, 11) is 1.81. The smallest absolute Gasteiger partial charge is 0.289 e. The highest BCUT2D eigenvalue weighted by molar-refractivity contribution is 5.91. The molecule has 76 valence electrons.